The Morgan fingerprint density at radius 2 is 1.94 bits per heavy atom. The summed E-state index contributed by atoms with van der Waals surface area (Å²) in [6.07, 6.45) is -3.91. The van der Waals surface area contributed by atoms with Crippen molar-refractivity contribution in [3.8, 4) is 5.75 Å². The molecule has 2 aromatic carbocycles. The minimum absolute atomic E-state index is 0.0290. The average molecular weight is 479 g/mol. The summed E-state index contributed by atoms with van der Waals surface area (Å²) in [5.41, 5.74) is 0.540. The molecule has 2 aliphatic heterocycles. The van der Waals surface area contributed by atoms with E-state index >= 15 is 0 Å². The summed E-state index contributed by atoms with van der Waals surface area (Å²) in [4.78, 5) is 27.1. The smallest absolute Gasteiger partial charge is 0.410 e. The Morgan fingerprint density at radius 3 is 2.65 bits per heavy atom. The molecule has 4 rings (SSSR count). The Hall–Kier alpha value is -3.14. The molecule has 1 saturated heterocycles. The summed E-state index contributed by atoms with van der Waals surface area (Å²) in [6, 6.07) is 8.17. The third-order valence-corrected chi connectivity index (χ3v) is 6.22. The lowest BCUT2D eigenvalue weighted by atomic mass is 9.95. The van der Waals surface area contributed by atoms with Crippen LogP contribution in [0.5, 0.6) is 5.75 Å². The van der Waals surface area contributed by atoms with Crippen molar-refractivity contribution in [3.05, 3.63) is 65.2 Å². The molecule has 2 N–H and O–H groups in total. The second kappa shape index (κ2) is 10.0. The highest BCUT2D eigenvalue weighted by molar-refractivity contribution is 5.87. The topological polar surface area (TPSA) is 70.7 Å². The molecular formula is C24H25F4N3O3. The van der Waals surface area contributed by atoms with Crippen LogP contribution in [0.25, 0.3) is 0 Å². The number of alkyl halides is 2. The van der Waals surface area contributed by atoms with Gasteiger partial charge in [0.2, 0.25) is 5.91 Å². The van der Waals surface area contributed by atoms with Crippen molar-refractivity contribution in [2.24, 2.45) is 0 Å². The maximum absolute atomic E-state index is 14.4. The van der Waals surface area contributed by atoms with Crippen molar-refractivity contribution in [1.82, 2.24) is 15.5 Å². The van der Waals surface area contributed by atoms with Crippen LogP contribution in [0.15, 0.2) is 42.5 Å². The van der Waals surface area contributed by atoms with E-state index < -0.39 is 54.1 Å². The van der Waals surface area contributed by atoms with E-state index in [0.717, 1.165) is 17.0 Å². The lowest BCUT2D eigenvalue weighted by Gasteiger charge is -2.37. The quantitative estimate of drug-likeness (QED) is 0.623. The molecule has 6 nitrogen and oxygen atoms in total. The molecule has 0 aromatic heterocycles. The van der Waals surface area contributed by atoms with E-state index in [1.807, 2.05) is 0 Å². The molecular weight excluding hydrogens is 454 g/mol. The predicted molar refractivity (Wildman–Crippen MR) is 116 cm³/mol. The van der Waals surface area contributed by atoms with Gasteiger partial charge in [-0.15, -0.1) is 0 Å². The number of carbonyl (C=O) groups excluding carboxylic acids is 2. The summed E-state index contributed by atoms with van der Waals surface area (Å²) in [6.45, 7) is 1.17. The van der Waals surface area contributed by atoms with E-state index in [4.69, 9.17) is 4.74 Å². The van der Waals surface area contributed by atoms with Crippen molar-refractivity contribution in [2.75, 3.05) is 6.54 Å². The Kier molecular flexibility index (Phi) is 7.06. The number of hydrogen-bond donors (Lipinski definition) is 2. The van der Waals surface area contributed by atoms with Gasteiger partial charge in [0.25, 0.3) is 0 Å². The summed E-state index contributed by atoms with van der Waals surface area (Å²) < 4.78 is 61.3. The number of amides is 2. The largest absolute Gasteiger partial charge is 0.416 e. The van der Waals surface area contributed by atoms with E-state index in [1.165, 1.54) is 0 Å². The van der Waals surface area contributed by atoms with E-state index in [-0.39, 0.29) is 37.2 Å². The number of rotatable bonds is 6. The first kappa shape index (κ1) is 24.0. The monoisotopic (exact) mass is 479 g/mol. The Morgan fingerprint density at radius 1 is 1.21 bits per heavy atom. The number of hydrogen-bond acceptors (Lipinski definition) is 4. The normalized spacial score (nSPS) is 24.1. The van der Waals surface area contributed by atoms with Gasteiger partial charge in [0, 0.05) is 25.4 Å². The van der Waals surface area contributed by atoms with Crippen LogP contribution >= 0.6 is 0 Å². The average Bonchev–Trinajstić information content (AvgIpc) is 2.80. The standard InChI is InChI=1S/C24H25F4N3O3/c1-13(22-18(27)10-15(25)11-29-22)30-23(32)19(9-14-5-3-2-4-6-14)31-12-16-20(34-24(31)33)8-7-17(26)21(16)28/h2-8,13,15,18-19,22,29H,9-12H2,1H3,(H,30,32)/t13-,15?,18?,19-,22?/m0/s1. The predicted octanol–water partition coefficient (Wildman–Crippen LogP) is 3.43. The van der Waals surface area contributed by atoms with Gasteiger partial charge in [0.05, 0.1) is 18.2 Å². The van der Waals surface area contributed by atoms with Crippen LogP contribution in [0.2, 0.25) is 0 Å². The first-order valence-corrected chi connectivity index (χ1v) is 11.1. The number of fused-ring (bicyclic) bond motifs is 1. The van der Waals surface area contributed by atoms with E-state index in [2.05, 4.69) is 10.6 Å². The fraction of sp³-hybridized carbons (Fsp3) is 0.417. The second-order valence-corrected chi connectivity index (χ2v) is 8.62. The first-order valence-electron chi connectivity index (χ1n) is 11.1. The molecule has 3 unspecified atom stereocenters. The van der Waals surface area contributed by atoms with Gasteiger partial charge in [-0.1, -0.05) is 30.3 Å². The summed E-state index contributed by atoms with van der Waals surface area (Å²) in [5, 5.41) is 5.47. The number of ether oxygens (including phenoxy) is 1. The van der Waals surface area contributed by atoms with Gasteiger partial charge >= 0.3 is 6.09 Å². The van der Waals surface area contributed by atoms with Crippen LogP contribution in [-0.2, 0) is 17.8 Å². The number of benzene rings is 2. The van der Waals surface area contributed by atoms with Crippen LogP contribution in [0.1, 0.15) is 24.5 Å². The molecule has 0 radical (unpaired) electrons. The number of carbonyl (C=O) groups is 2. The lowest BCUT2D eigenvalue weighted by molar-refractivity contribution is -0.127. The molecule has 182 valence electrons. The molecule has 0 spiro atoms. The van der Waals surface area contributed by atoms with Gasteiger partial charge < -0.3 is 15.4 Å². The SMILES string of the molecule is C[C@H](NC(=O)[C@H](Cc1ccccc1)N1Cc2c(ccc(F)c2F)OC1=O)C1NCC(F)CC1F. The highest BCUT2D eigenvalue weighted by Crippen LogP contribution is 2.31. The molecule has 2 heterocycles. The summed E-state index contributed by atoms with van der Waals surface area (Å²) in [5.74, 6) is -2.99. The van der Waals surface area contributed by atoms with Gasteiger partial charge in [0.15, 0.2) is 11.6 Å². The third kappa shape index (κ3) is 5.01. The molecule has 0 bridgehead atoms. The maximum Gasteiger partial charge on any atom is 0.416 e. The van der Waals surface area contributed by atoms with E-state index in [0.29, 0.717) is 5.56 Å². The molecule has 2 amide bonds. The number of nitrogens with zero attached hydrogens (tertiary/aromatic N) is 1. The minimum Gasteiger partial charge on any atom is -0.410 e. The van der Waals surface area contributed by atoms with Crippen molar-refractivity contribution >= 4 is 12.0 Å². The van der Waals surface area contributed by atoms with Gasteiger partial charge in [-0.2, -0.15) is 0 Å². The third-order valence-electron chi connectivity index (χ3n) is 6.22. The minimum atomic E-state index is -1.50. The van der Waals surface area contributed by atoms with Crippen molar-refractivity contribution < 1.29 is 31.9 Å². The highest BCUT2D eigenvalue weighted by Gasteiger charge is 2.39. The van der Waals surface area contributed by atoms with Crippen LogP contribution < -0.4 is 15.4 Å². The second-order valence-electron chi connectivity index (χ2n) is 8.62. The Bertz CT molecular complexity index is 1060. The molecule has 10 heteroatoms. The van der Waals surface area contributed by atoms with E-state index in [1.54, 1.807) is 37.3 Å². The van der Waals surface area contributed by atoms with Crippen molar-refractivity contribution in [3.63, 3.8) is 0 Å². The summed E-state index contributed by atoms with van der Waals surface area (Å²) >= 11 is 0. The molecule has 0 aliphatic carbocycles. The molecule has 0 saturated carbocycles. The van der Waals surface area contributed by atoms with Crippen LogP contribution in [-0.4, -0.2) is 53.9 Å². The fourth-order valence-electron chi connectivity index (χ4n) is 4.39. The van der Waals surface area contributed by atoms with Crippen LogP contribution in [0.4, 0.5) is 22.4 Å². The van der Waals surface area contributed by atoms with Gasteiger partial charge in [-0.3, -0.25) is 9.69 Å². The fourth-order valence-corrected chi connectivity index (χ4v) is 4.39. The summed E-state index contributed by atoms with van der Waals surface area (Å²) in [7, 11) is 0. The van der Waals surface area contributed by atoms with Crippen molar-refractivity contribution in [1.29, 1.82) is 0 Å². The number of nitrogens with one attached hydrogen (secondary N) is 2. The number of piperidine rings is 1. The molecule has 2 aromatic rings. The van der Waals surface area contributed by atoms with Crippen LogP contribution in [0.3, 0.4) is 0 Å². The van der Waals surface area contributed by atoms with Gasteiger partial charge in [0.1, 0.15) is 24.1 Å². The maximum atomic E-state index is 14.4. The highest BCUT2D eigenvalue weighted by atomic mass is 19.2. The molecule has 5 atom stereocenters. The zero-order chi connectivity index (χ0) is 24.4. The van der Waals surface area contributed by atoms with Crippen molar-refractivity contribution in [2.45, 2.75) is 56.8 Å². The molecule has 2 aliphatic rings. The zero-order valence-corrected chi connectivity index (χ0v) is 18.4. The molecule has 34 heavy (non-hydrogen) atoms. The Balaban J connectivity index is 1.58. The van der Waals surface area contributed by atoms with Crippen LogP contribution in [0, 0.1) is 11.6 Å². The molecule has 1 fully saturated rings. The zero-order valence-electron chi connectivity index (χ0n) is 18.4. The lowest BCUT2D eigenvalue weighted by Crippen LogP contribution is -2.61. The van der Waals surface area contributed by atoms with Gasteiger partial charge in [-0.25, -0.2) is 22.4 Å². The van der Waals surface area contributed by atoms with Gasteiger partial charge in [-0.05, 0) is 24.6 Å². The Labute approximate surface area is 194 Å². The first-order chi connectivity index (χ1) is 16.2. The number of halogens is 4. The van der Waals surface area contributed by atoms with E-state index in [9.17, 15) is 27.2 Å².